The summed E-state index contributed by atoms with van der Waals surface area (Å²) in [6, 6.07) is 0. The van der Waals surface area contributed by atoms with Crippen molar-refractivity contribution >= 4 is 0 Å². The molecule has 4 heavy (non-hydrogen) atoms. The third-order valence-corrected chi connectivity index (χ3v) is 0. The van der Waals surface area contributed by atoms with Gasteiger partial charge in [0.25, 0.3) is 0 Å². The summed E-state index contributed by atoms with van der Waals surface area (Å²) >= 11 is 0. The Morgan fingerprint density at radius 2 is 1.25 bits per heavy atom. The van der Waals surface area contributed by atoms with Crippen molar-refractivity contribution in [3.63, 3.8) is 0 Å². The van der Waals surface area contributed by atoms with Crippen LogP contribution in [0.5, 0.6) is 0 Å². The van der Waals surface area contributed by atoms with Gasteiger partial charge in [0.1, 0.15) is 0 Å². The maximum Gasteiger partial charge on any atom is 1.00 e. The van der Waals surface area contributed by atoms with Gasteiger partial charge in [0, 0.05) is 36.5 Å². The Bertz CT molecular complexity index is 13.5. The molecule has 0 saturated carbocycles. The zero-order valence-electron chi connectivity index (χ0n) is 5.01. The van der Waals surface area contributed by atoms with E-state index in [0.29, 0.717) is 0 Å². The molecule has 0 aliphatic heterocycles. The second-order valence-electron chi connectivity index (χ2n) is 0. The molecule has 0 rings (SSSR count). The summed E-state index contributed by atoms with van der Waals surface area (Å²) in [7, 11) is 0. The molecular weight excluding hydrogens is 191 g/mol. The summed E-state index contributed by atoms with van der Waals surface area (Å²) in [5.41, 5.74) is 0. The zero-order chi connectivity index (χ0) is 0. The van der Waals surface area contributed by atoms with Gasteiger partial charge < -0.3 is 2.85 Å². The fraction of sp³-hybridized carbons (Fsp3) is 0. The summed E-state index contributed by atoms with van der Waals surface area (Å²) in [6.45, 7) is 0. The van der Waals surface area contributed by atoms with Crippen LogP contribution in [0.1, 0.15) is 2.85 Å². The van der Waals surface area contributed by atoms with Crippen LogP contribution in [-0.2, 0) is 36.5 Å². The van der Waals surface area contributed by atoms with Gasteiger partial charge in [0.15, 0.2) is 0 Å². The molecule has 0 aliphatic rings. The predicted octanol–water partition coefficient (Wildman–Crippen LogP) is -5.77. The SMILES string of the molecule is [Cu].[H-].[H-].[K+].[Na+].[Zn]. The Kier molecular flexibility index (Phi) is 99.2. The molecule has 0 bridgehead atoms. The first-order chi connectivity index (χ1) is 0. The molecule has 0 aromatic heterocycles. The summed E-state index contributed by atoms with van der Waals surface area (Å²) in [5, 5.41) is 0. The molecule has 0 aliphatic carbocycles. The zero-order valence-corrected chi connectivity index (χ0v) is 12.0. The Labute approximate surface area is 117 Å². The molecule has 0 nitrogen and oxygen atoms in total. The minimum absolute atomic E-state index is 0. The Morgan fingerprint density at radius 3 is 1.25 bits per heavy atom. The van der Waals surface area contributed by atoms with Crippen LogP contribution in [-0.4, -0.2) is 0 Å². The van der Waals surface area contributed by atoms with Gasteiger partial charge in [-0.15, -0.1) is 0 Å². The molecule has 0 amide bonds. The molecule has 0 aromatic rings. The van der Waals surface area contributed by atoms with Crippen LogP contribution < -0.4 is 80.9 Å². The van der Waals surface area contributed by atoms with Crippen molar-refractivity contribution in [3.05, 3.63) is 0 Å². The standard InChI is InChI=1S/Cu.K.Na.Zn.2H/q;2*+1;;2*-1. The van der Waals surface area contributed by atoms with Crippen molar-refractivity contribution < 1.29 is 120 Å². The first-order valence-corrected chi connectivity index (χ1v) is 0. The Morgan fingerprint density at radius 1 is 1.25 bits per heavy atom. The first kappa shape index (κ1) is 25.0. The van der Waals surface area contributed by atoms with Crippen LogP contribution >= 0.6 is 0 Å². The third-order valence-electron chi connectivity index (χ3n) is 0. The van der Waals surface area contributed by atoms with E-state index in [9.17, 15) is 0 Å². The maximum atomic E-state index is 0. The molecule has 0 spiro atoms. The van der Waals surface area contributed by atoms with Crippen LogP contribution in [0.25, 0.3) is 0 Å². The van der Waals surface area contributed by atoms with Gasteiger partial charge in [-0.2, -0.15) is 0 Å². The topological polar surface area (TPSA) is 0 Å². The molecule has 0 N–H and O–H groups in total. The van der Waals surface area contributed by atoms with Crippen LogP contribution in [0, 0.1) is 0 Å². The molecule has 17 valence electrons. The molecule has 0 heterocycles. The van der Waals surface area contributed by atoms with Crippen molar-refractivity contribution in [2.75, 3.05) is 0 Å². The van der Waals surface area contributed by atoms with Gasteiger partial charge in [0.2, 0.25) is 0 Å². The van der Waals surface area contributed by atoms with Crippen molar-refractivity contribution in [2.45, 2.75) is 0 Å². The third kappa shape index (κ3) is 9.24. The first-order valence-electron chi connectivity index (χ1n) is 0. The van der Waals surface area contributed by atoms with Gasteiger partial charge in [-0.1, -0.05) is 0 Å². The molecule has 0 aromatic carbocycles. The second-order valence-corrected chi connectivity index (χ2v) is 0. The molecule has 1 radical (unpaired) electrons. The van der Waals surface area contributed by atoms with E-state index in [1.807, 2.05) is 0 Å². The second kappa shape index (κ2) is 15.9. The van der Waals surface area contributed by atoms with Crippen LogP contribution in [0.4, 0.5) is 0 Å². The Balaban J connectivity index is 0. The molecule has 0 fully saturated rings. The number of hydrogen-bond donors (Lipinski definition) is 0. The number of rotatable bonds is 0. The summed E-state index contributed by atoms with van der Waals surface area (Å²) in [4.78, 5) is 0. The quantitative estimate of drug-likeness (QED) is 0.336. The van der Waals surface area contributed by atoms with Crippen LogP contribution in [0.3, 0.4) is 0 Å². The van der Waals surface area contributed by atoms with E-state index in [1.54, 1.807) is 0 Å². The normalized spacial score (nSPS) is 0. The van der Waals surface area contributed by atoms with Crippen LogP contribution in [0.15, 0.2) is 0 Å². The monoisotopic (exact) mass is 191 g/mol. The van der Waals surface area contributed by atoms with E-state index in [-0.39, 0.29) is 120 Å². The average Bonchev–Trinajstić information content (AvgIpc) is 0. The van der Waals surface area contributed by atoms with Crippen molar-refractivity contribution in [1.29, 1.82) is 0 Å². The fourth-order valence-corrected chi connectivity index (χ4v) is 0. The largest absolute Gasteiger partial charge is 1.00 e. The minimum Gasteiger partial charge on any atom is -1.00 e. The van der Waals surface area contributed by atoms with Crippen molar-refractivity contribution in [3.8, 4) is 0 Å². The molecular formula is H2CuKNaZn. The summed E-state index contributed by atoms with van der Waals surface area (Å²) in [6.07, 6.45) is 0. The summed E-state index contributed by atoms with van der Waals surface area (Å²) < 4.78 is 0. The summed E-state index contributed by atoms with van der Waals surface area (Å²) in [5.74, 6) is 0. The van der Waals surface area contributed by atoms with Gasteiger partial charge in [-0.3, -0.25) is 0 Å². The van der Waals surface area contributed by atoms with Gasteiger partial charge >= 0.3 is 80.9 Å². The fourth-order valence-electron chi connectivity index (χ4n) is 0. The van der Waals surface area contributed by atoms with Gasteiger partial charge in [-0.25, -0.2) is 0 Å². The smallest absolute Gasteiger partial charge is 1.00 e. The van der Waals surface area contributed by atoms with E-state index >= 15 is 0 Å². The number of hydrogen-bond acceptors (Lipinski definition) is 0. The molecule has 0 atom stereocenters. The minimum atomic E-state index is 0. The van der Waals surface area contributed by atoms with Crippen molar-refractivity contribution in [2.24, 2.45) is 0 Å². The molecule has 0 unspecified atom stereocenters. The van der Waals surface area contributed by atoms with E-state index in [0.717, 1.165) is 0 Å². The van der Waals surface area contributed by atoms with E-state index < -0.39 is 0 Å². The van der Waals surface area contributed by atoms with Crippen molar-refractivity contribution in [1.82, 2.24) is 0 Å². The van der Waals surface area contributed by atoms with Gasteiger partial charge in [-0.05, 0) is 0 Å². The van der Waals surface area contributed by atoms with Crippen LogP contribution in [0.2, 0.25) is 0 Å². The molecule has 0 saturated heterocycles. The maximum absolute atomic E-state index is 0. The average molecular weight is 193 g/mol. The van der Waals surface area contributed by atoms with E-state index in [2.05, 4.69) is 0 Å². The predicted molar refractivity (Wildman–Crippen MR) is 2.22 cm³/mol. The molecule has 4 heteroatoms. The Hall–Kier alpha value is 3.78. The van der Waals surface area contributed by atoms with E-state index in [1.165, 1.54) is 0 Å². The van der Waals surface area contributed by atoms with E-state index in [4.69, 9.17) is 0 Å². The van der Waals surface area contributed by atoms with Gasteiger partial charge in [0.05, 0.1) is 0 Å².